The SMILES string of the molecule is CCCCCC(=O)/C=C\O. The largest absolute Gasteiger partial charge is 0.515 e. The lowest BCUT2D eigenvalue weighted by Crippen LogP contribution is -1.91. The average Bonchev–Trinajstić information content (AvgIpc) is 1.89. The van der Waals surface area contributed by atoms with Gasteiger partial charge in [-0.1, -0.05) is 19.8 Å². The van der Waals surface area contributed by atoms with Crippen LogP contribution in [0.5, 0.6) is 0 Å². The molecule has 0 aromatic rings. The minimum atomic E-state index is 0.0101. The third-order valence-electron chi connectivity index (χ3n) is 1.29. The highest BCUT2D eigenvalue weighted by atomic mass is 16.2. The quantitative estimate of drug-likeness (QED) is 0.363. The van der Waals surface area contributed by atoms with Crippen molar-refractivity contribution in [3.8, 4) is 0 Å². The van der Waals surface area contributed by atoms with E-state index in [1.54, 1.807) is 0 Å². The summed E-state index contributed by atoms with van der Waals surface area (Å²) in [6.07, 6.45) is 5.70. The summed E-state index contributed by atoms with van der Waals surface area (Å²) in [5.41, 5.74) is 0. The molecule has 0 aliphatic carbocycles. The molecule has 0 aromatic heterocycles. The number of aliphatic hydroxyl groups is 1. The van der Waals surface area contributed by atoms with Gasteiger partial charge in [0.05, 0.1) is 6.26 Å². The monoisotopic (exact) mass is 142 g/mol. The van der Waals surface area contributed by atoms with Crippen molar-refractivity contribution in [2.75, 3.05) is 0 Å². The molecule has 1 N–H and O–H groups in total. The van der Waals surface area contributed by atoms with Gasteiger partial charge in [0.1, 0.15) is 0 Å². The van der Waals surface area contributed by atoms with Gasteiger partial charge in [-0.2, -0.15) is 0 Å². The highest BCUT2D eigenvalue weighted by Gasteiger charge is 1.94. The van der Waals surface area contributed by atoms with E-state index in [9.17, 15) is 4.79 Å². The Morgan fingerprint density at radius 1 is 1.50 bits per heavy atom. The zero-order chi connectivity index (χ0) is 7.82. The van der Waals surface area contributed by atoms with Crippen molar-refractivity contribution in [3.63, 3.8) is 0 Å². The second kappa shape index (κ2) is 6.33. The maximum Gasteiger partial charge on any atom is 0.158 e. The first-order chi connectivity index (χ1) is 4.81. The Kier molecular flexibility index (Phi) is 5.83. The van der Waals surface area contributed by atoms with Crippen LogP contribution >= 0.6 is 0 Å². The van der Waals surface area contributed by atoms with Gasteiger partial charge in [0.2, 0.25) is 0 Å². The molecule has 0 atom stereocenters. The lowest BCUT2D eigenvalue weighted by molar-refractivity contribution is -0.114. The lowest BCUT2D eigenvalue weighted by Gasteiger charge is -1.92. The predicted molar refractivity (Wildman–Crippen MR) is 40.9 cm³/mol. The van der Waals surface area contributed by atoms with Crippen molar-refractivity contribution in [3.05, 3.63) is 12.3 Å². The minimum Gasteiger partial charge on any atom is -0.515 e. The van der Waals surface area contributed by atoms with E-state index in [0.29, 0.717) is 6.42 Å². The van der Waals surface area contributed by atoms with E-state index in [-0.39, 0.29) is 5.78 Å². The predicted octanol–water partition coefficient (Wildman–Crippen LogP) is 2.21. The fourth-order valence-electron chi connectivity index (χ4n) is 0.716. The van der Waals surface area contributed by atoms with Gasteiger partial charge in [-0.05, 0) is 6.42 Å². The van der Waals surface area contributed by atoms with Crippen LogP contribution in [-0.2, 0) is 4.79 Å². The lowest BCUT2D eigenvalue weighted by atomic mass is 10.1. The van der Waals surface area contributed by atoms with E-state index in [0.717, 1.165) is 25.5 Å². The molecule has 0 amide bonds. The molecule has 0 fully saturated rings. The van der Waals surface area contributed by atoms with Crippen LogP contribution in [0.15, 0.2) is 12.3 Å². The third-order valence-corrected chi connectivity index (χ3v) is 1.29. The molecule has 0 heterocycles. The Morgan fingerprint density at radius 3 is 2.70 bits per heavy atom. The smallest absolute Gasteiger partial charge is 0.158 e. The van der Waals surface area contributed by atoms with Crippen molar-refractivity contribution in [2.45, 2.75) is 32.6 Å². The summed E-state index contributed by atoms with van der Waals surface area (Å²) < 4.78 is 0. The van der Waals surface area contributed by atoms with Crippen LogP contribution in [0, 0.1) is 0 Å². The maximum atomic E-state index is 10.7. The number of unbranched alkanes of at least 4 members (excludes halogenated alkanes) is 2. The fraction of sp³-hybridized carbons (Fsp3) is 0.625. The summed E-state index contributed by atoms with van der Waals surface area (Å²) in [5, 5.41) is 8.19. The van der Waals surface area contributed by atoms with Gasteiger partial charge in [-0.3, -0.25) is 4.79 Å². The molecule has 0 saturated heterocycles. The summed E-state index contributed by atoms with van der Waals surface area (Å²) in [6.45, 7) is 2.09. The van der Waals surface area contributed by atoms with Crippen LogP contribution in [0.1, 0.15) is 32.6 Å². The second-order valence-corrected chi connectivity index (χ2v) is 2.24. The van der Waals surface area contributed by atoms with Crippen molar-refractivity contribution < 1.29 is 9.90 Å². The highest BCUT2D eigenvalue weighted by Crippen LogP contribution is 1.99. The van der Waals surface area contributed by atoms with E-state index in [1.807, 2.05) is 0 Å². The van der Waals surface area contributed by atoms with Crippen molar-refractivity contribution in [1.29, 1.82) is 0 Å². The van der Waals surface area contributed by atoms with E-state index >= 15 is 0 Å². The maximum absolute atomic E-state index is 10.7. The van der Waals surface area contributed by atoms with Crippen LogP contribution in [0.3, 0.4) is 0 Å². The molecule has 0 rings (SSSR count). The zero-order valence-electron chi connectivity index (χ0n) is 6.34. The number of allylic oxidation sites excluding steroid dienone is 1. The Bertz CT molecular complexity index is 116. The topological polar surface area (TPSA) is 37.3 Å². The van der Waals surface area contributed by atoms with Gasteiger partial charge >= 0.3 is 0 Å². The molecule has 0 aliphatic rings. The van der Waals surface area contributed by atoms with Gasteiger partial charge < -0.3 is 5.11 Å². The molecule has 58 valence electrons. The van der Waals surface area contributed by atoms with Crippen molar-refractivity contribution in [2.24, 2.45) is 0 Å². The molecule has 0 spiro atoms. The standard InChI is InChI=1S/C8H14O2/c1-2-3-4-5-8(10)6-7-9/h6-7,9H,2-5H2,1H3/b7-6-. The Labute approximate surface area is 61.6 Å². The molecule has 0 bridgehead atoms. The summed E-state index contributed by atoms with van der Waals surface area (Å²) in [6, 6.07) is 0. The molecule has 10 heavy (non-hydrogen) atoms. The van der Waals surface area contributed by atoms with Gasteiger partial charge in [-0.15, -0.1) is 0 Å². The average molecular weight is 142 g/mol. The highest BCUT2D eigenvalue weighted by molar-refractivity contribution is 5.89. The number of ketones is 1. The zero-order valence-corrected chi connectivity index (χ0v) is 6.34. The Balaban J connectivity index is 3.22. The molecule has 0 radical (unpaired) electrons. The van der Waals surface area contributed by atoms with Gasteiger partial charge in [0.25, 0.3) is 0 Å². The van der Waals surface area contributed by atoms with Gasteiger partial charge in [0, 0.05) is 12.5 Å². The molecular formula is C8H14O2. The second-order valence-electron chi connectivity index (χ2n) is 2.24. The van der Waals surface area contributed by atoms with E-state index in [4.69, 9.17) is 5.11 Å². The van der Waals surface area contributed by atoms with Crippen LogP contribution in [-0.4, -0.2) is 10.9 Å². The van der Waals surface area contributed by atoms with Gasteiger partial charge in [-0.25, -0.2) is 0 Å². The normalized spacial score (nSPS) is 10.5. The first-order valence-electron chi connectivity index (χ1n) is 3.64. The molecule has 0 unspecified atom stereocenters. The van der Waals surface area contributed by atoms with Crippen molar-refractivity contribution >= 4 is 5.78 Å². The number of hydrogen-bond acceptors (Lipinski definition) is 2. The number of carbonyl (C=O) groups is 1. The third kappa shape index (κ3) is 5.35. The first-order valence-corrected chi connectivity index (χ1v) is 3.64. The molecular weight excluding hydrogens is 128 g/mol. The molecule has 0 aromatic carbocycles. The Morgan fingerprint density at radius 2 is 2.20 bits per heavy atom. The molecule has 2 heteroatoms. The summed E-state index contributed by atoms with van der Waals surface area (Å²) in [7, 11) is 0. The summed E-state index contributed by atoms with van der Waals surface area (Å²) in [4.78, 5) is 10.7. The number of rotatable bonds is 5. The first kappa shape index (κ1) is 9.21. The van der Waals surface area contributed by atoms with Crippen molar-refractivity contribution in [1.82, 2.24) is 0 Å². The van der Waals surface area contributed by atoms with Crippen LogP contribution in [0.2, 0.25) is 0 Å². The minimum absolute atomic E-state index is 0.0101. The van der Waals surface area contributed by atoms with Crippen LogP contribution in [0.25, 0.3) is 0 Å². The van der Waals surface area contributed by atoms with E-state index in [1.165, 1.54) is 6.08 Å². The summed E-state index contributed by atoms with van der Waals surface area (Å²) in [5.74, 6) is 0.0101. The van der Waals surface area contributed by atoms with E-state index < -0.39 is 0 Å². The molecule has 2 nitrogen and oxygen atoms in total. The van der Waals surface area contributed by atoms with E-state index in [2.05, 4.69) is 6.92 Å². The van der Waals surface area contributed by atoms with Crippen LogP contribution < -0.4 is 0 Å². The molecule has 0 aliphatic heterocycles. The number of carbonyl (C=O) groups excluding carboxylic acids is 1. The number of hydrogen-bond donors (Lipinski definition) is 1. The van der Waals surface area contributed by atoms with Gasteiger partial charge in [0.15, 0.2) is 5.78 Å². The molecule has 0 saturated carbocycles. The summed E-state index contributed by atoms with van der Waals surface area (Å²) >= 11 is 0. The Hall–Kier alpha value is -0.790. The number of aliphatic hydroxyl groups excluding tert-OH is 1. The fourth-order valence-corrected chi connectivity index (χ4v) is 0.716. The van der Waals surface area contributed by atoms with Crippen LogP contribution in [0.4, 0.5) is 0 Å².